The molecule has 0 N–H and O–H groups in total. The van der Waals surface area contributed by atoms with E-state index < -0.39 is 0 Å². The molecule has 0 aliphatic heterocycles. The molecule has 2 aliphatic rings. The van der Waals surface area contributed by atoms with Crippen LogP contribution in [0.3, 0.4) is 0 Å². The molecule has 21 heavy (non-hydrogen) atoms. The molecule has 1 heteroatoms. The van der Waals surface area contributed by atoms with Gasteiger partial charge in [-0.2, -0.15) is 46.5 Å². The van der Waals surface area contributed by atoms with Crippen LogP contribution >= 0.6 is 0 Å². The summed E-state index contributed by atoms with van der Waals surface area (Å²) in [7, 11) is 0. The third kappa shape index (κ3) is 5.37. The number of aryl methyl sites for hydroxylation is 4. The van der Waals surface area contributed by atoms with Gasteiger partial charge in [0.2, 0.25) is 0 Å². The van der Waals surface area contributed by atoms with Gasteiger partial charge in [0.25, 0.3) is 0 Å². The van der Waals surface area contributed by atoms with Crippen molar-refractivity contribution in [3.63, 3.8) is 0 Å². The molecule has 0 radical (unpaired) electrons. The van der Waals surface area contributed by atoms with E-state index in [1.165, 1.54) is 51.4 Å². The third-order valence-corrected chi connectivity index (χ3v) is 4.30. The Kier molecular flexibility index (Phi) is 10.1. The molecule has 0 bridgehead atoms. The van der Waals surface area contributed by atoms with Crippen LogP contribution in [0.1, 0.15) is 47.9 Å². The zero-order valence-corrected chi connectivity index (χ0v) is 16.1. The molecule has 0 aromatic heterocycles. The molecule has 0 fully saturated rings. The van der Waals surface area contributed by atoms with Gasteiger partial charge in [-0.25, -0.2) is 12.1 Å². The summed E-state index contributed by atoms with van der Waals surface area (Å²) in [5.74, 6) is 0. The Bertz CT molecular complexity index is 402. The minimum absolute atomic E-state index is 0. The minimum atomic E-state index is 0. The molecule has 2 aliphatic carbocycles. The van der Waals surface area contributed by atoms with Crippen LogP contribution in [0.5, 0.6) is 0 Å². The van der Waals surface area contributed by atoms with E-state index in [1.54, 1.807) is 22.3 Å². The van der Waals surface area contributed by atoms with Crippen LogP contribution in [-0.2, 0) is 51.9 Å². The summed E-state index contributed by atoms with van der Waals surface area (Å²) in [5, 5.41) is 0. The monoisotopic (exact) mass is 358 g/mol. The zero-order chi connectivity index (χ0) is 12.2. The first-order valence-electron chi connectivity index (χ1n) is 7.40. The van der Waals surface area contributed by atoms with Crippen molar-refractivity contribution in [1.29, 1.82) is 0 Å². The number of fused-ring (bicyclic) bond motifs is 2. The average Bonchev–Trinajstić information content (AvgIpc) is 3.08. The molecule has 2 aromatic carbocycles. The Labute approximate surface area is 150 Å². The molecule has 112 valence electrons. The van der Waals surface area contributed by atoms with Gasteiger partial charge in [0.05, 0.1) is 0 Å². The van der Waals surface area contributed by atoms with E-state index in [2.05, 4.69) is 36.4 Å². The van der Waals surface area contributed by atoms with E-state index in [0.717, 1.165) is 0 Å². The van der Waals surface area contributed by atoms with E-state index in [4.69, 9.17) is 0 Å². The van der Waals surface area contributed by atoms with Crippen molar-refractivity contribution in [3.05, 3.63) is 73.5 Å². The van der Waals surface area contributed by atoms with Crippen LogP contribution in [0.4, 0.5) is 0 Å². The van der Waals surface area contributed by atoms with Crippen molar-refractivity contribution in [2.75, 3.05) is 0 Å². The molecule has 0 saturated carbocycles. The summed E-state index contributed by atoms with van der Waals surface area (Å²) >= 11 is 0. The largest absolute Gasteiger partial charge is 4.00 e. The Morgan fingerprint density at radius 3 is 1.38 bits per heavy atom. The fourth-order valence-electron chi connectivity index (χ4n) is 3.23. The van der Waals surface area contributed by atoms with Crippen molar-refractivity contribution >= 4 is 0 Å². The molecule has 2 aromatic rings. The molecule has 0 nitrogen and oxygen atoms in total. The smallest absolute Gasteiger partial charge is 0.358 e. The van der Waals surface area contributed by atoms with Crippen molar-refractivity contribution in [2.24, 2.45) is 0 Å². The Hall–Kier alpha value is -0.417. The topological polar surface area (TPSA) is 0 Å². The Morgan fingerprint density at radius 1 is 0.619 bits per heavy atom. The van der Waals surface area contributed by atoms with Gasteiger partial charge >= 0.3 is 26.2 Å². The average molecular weight is 360 g/mol. The van der Waals surface area contributed by atoms with E-state index >= 15 is 0 Å². The van der Waals surface area contributed by atoms with Crippen LogP contribution in [0.2, 0.25) is 0 Å². The fourth-order valence-corrected chi connectivity index (χ4v) is 3.23. The maximum atomic E-state index is 2.26. The summed E-state index contributed by atoms with van der Waals surface area (Å²) < 4.78 is 0. The van der Waals surface area contributed by atoms with E-state index in [0.29, 0.717) is 0 Å². The molecule has 4 rings (SSSR count). The SMILES string of the molecule is [CH3-].[CH3-].[Zr+4].c1cc2c([cH-]1)CCCC2.c1cc2c([cH-]1)CCCC2. The molecular weight excluding hydrogens is 331 g/mol. The number of hydrogen-bond acceptors (Lipinski definition) is 0. The quantitative estimate of drug-likeness (QED) is 0.547. The van der Waals surface area contributed by atoms with Gasteiger partial charge in [-0.1, -0.05) is 51.4 Å². The summed E-state index contributed by atoms with van der Waals surface area (Å²) in [6.07, 6.45) is 10.9. The normalized spacial score (nSPS) is 14.9. The van der Waals surface area contributed by atoms with Gasteiger partial charge in [0.15, 0.2) is 0 Å². The first kappa shape index (κ1) is 20.6. The minimum Gasteiger partial charge on any atom is -0.358 e. The second-order valence-electron chi connectivity index (χ2n) is 5.57. The predicted molar refractivity (Wildman–Crippen MR) is 90.2 cm³/mol. The van der Waals surface area contributed by atoms with Gasteiger partial charge in [-0.15, -0.1) is 0 Å². The zero-order valence-electron chi connectivity index (χ0n) is 13.6. The van der Waals surface area contributed by atoms with Crippen LogP contribution in [0.15, 0.2) is 36.4 Å². The second-order valence-corrected chi connectivity index (χ2v) is 5.57. The van der Waals surface area contributed by atoms with Crippen molar-refractivity contribution in [1.82, 2.24) is 0 Å². The predicted octanol–water partition coefficient (Wildman–Crippen LogP) is 5.47. The van der Waals surface area contributed by atoms with E-state index in [-0.39, 0.29) is 41.1 Å². The van der Waals surface area contributed by atoms with Crippen molar-refractivity contribution < 1.29 is 26.2 Å². The summed E-state index contributed by atoms with van der Waals surface area (Å²) in [6.45, 7) is 0. The number of rotatable bonds is 0. The molecule has 0 spiro atoms. The van der Waals surface area contributed by atoms with Gasteiger partial charge in [0.1, 0.15) is 0 Å². The summed E-state index contributed by atoms with van der Waals surface area (Å²) in [4.78, 5) is 0. The second kappa shape index (κ2) is 10.3. The van der Waals surface area contributed by atoms with Gasteiger partial charge in [0, 0.05) is 0 Å². The molecule has 0 saturated heterocycles. The standard InChI is InChI=1S/2C9H11.2CH3.Zr/c2*1-2-5-9-7-3-6-8(9)4-1;;;/h2*3,6-7H,1-2,4-5H2;2*1H3;/q4*-1;+4. The van der Waals surface area contributed by atoms with E-state index in [1.807, 2.05) is 0 Å². The van der Waals surface area contributed by atoms with Crippen LogP contribution in [0, 0.1) is 14.9 Å². The fraction of sp³-hybridized carbons (Fsp3) is 0.400. The third-order valence-electron chi connectivity index (χ3n) is 4.30. The van der Waals surface area contributed by atoms with Crippen molar-refractivity contribution in [3.8, 4) is 0 Å². The maximum absolute atomic E-state index is 2.26. The molecule has 0 amide bonds. The first-order chi connectivity index (χ1) is 8.93. The van der Waals surface area contributed by atoms with Gasteiger partial charge in [-0.3, -0.25) is 0 Å². The van der Waals surface area contributed by atoms with Crippen LogP contribution in [0.25, 0.3) is 0 Å². The molecular formula is C20H28Zr. The number of hydrogen-bond donors (Lipinski definition) is 0. The Morgan fingerprint density at radius 2 is 1.00 bits per heavy atom. The molecule has 0 heterocycles. The molecule has 0 atom stereocenters. The van der Waals surface area contributed by atoms with Crippen molar-refractivity contribution in [2.45, 2.75) is 51.4 Å². The van der Waals surface area contributed by atoms with Gasteiger partial charge < -0.3 is 14.9 Å². The summed E-state index contributed by atoms with van der Waals surface area (Å²) in [5.41, 5.74) is 6.39. The maximum Gasteiger partial charge on any atom is 4.00 e. The summed E-state index contributed by atoms with van der Waals surface area (Å²) in [6, 6.07) is 13.4. The molecule has 0 unspecified atom stereocenters. The van der Waals surface area contributed by atoms with Crippen LogP contribution < -0.4 is 0 Å². The van der Waals surface area contributed by atoms with Crippen LogP contribution in [-0.4, -0.2) is 0 Å². The van der Waals surface area contributed by atoms with Gasteiger partial charge in [-0.05, 0) is 0 Å². The Balaban J connectivity index is 0.000000333. The van der Waals surface area contributed by atoms with E-state index in [9.17, 15) is 0 Å². The first-order valence-corrected chi connectivity index (χ1v) is 7.40.